The maximum atomic E-state index is 11.8. The van der Waals surface area contributed by atoms with Gasteiger partial charge in [0.1, 0.15) is 0 Å². The molecule has 0 spiro atoms. The number of piperidine rings is 1. The number of likely N-dealkylation sites (tertiary alicyclic amines) is 1. The minimum Gasteiger partial charge on any atom is -0.481 e. The van der Waals surface area contributed by atoms with Gasteiger partial charge in [0.25, 0.3) is 0 Å². The van der Waals surface area contributed by atoms with Gasteiger partial charge in [-0.2, -0.15) is 0 Å². The smallest absolute Gasteiger partial charge is 0.305 e. The molecule has 1 fully saturated rings. The summed E-state index contributed by atoms with van der Waals surface area (Å²) in [4.78, 5) is 24.0. The second kappa shape index (κ2) is 5.84. The number of carboxylic acids is 1. The summed E-state index contributed by atoms with van der Waals surface area (Å²) in [5.74, 6) is -0.708. The zero-order chi connectivity index (χ0) is 12.1. The number of nitrogens with zero attached hydrogens (tertiary/aromatic N) is 1. The van der Waals surface area contributed by atoms with Gasteiger partial charge in [-0.15, -0.1) is 0 Å². The Balaban J connectivity index is 2.49. The molecule has 0 aliphatic carbocycles. The zero-order valence-corrected chi connectivity index (χ0v) is 9.69. The van der Waals surface area contributed by atoms with Gasteiger partial charge in [0, 0.05) is 13.1 Å². The van der Waals surface area contributed by atoms with Gasteiger partial charge in [-0.05, 0) is 18.8 Å². The van der Waals surface area contributed by atoms with Crippen molar-refractivity contribution in [3.8, 4) is 0 Å². The number of hydrogen-bond acceptors (Lipinski definition) is 3. The number of rotatable bonds is 4. The van der Waals surface area contributed by atoms with Crippen LogP contribution < -0.4 is 5.73 Å². The molecule has 2 atom stereocenters. The van der Waals surface area contributed by atoms with E-state index in [9.17, 15) is 9.59 Å². The van der Waals surface area contributed by atoms with Gasteiger partial charge in [-0.1, -0.05) is 13.3 Å². The molecule has 2 unspecified atom stereocenters. The normalized spacial score (nSPS) is 22.9. The summed E-state index contributed by atoms with van der Waals surface area (Å²) in [7, 11) is 0. The first-order valence-corrected chi connectivity index (χ1v) is 5.80. The van der Waals surface area contributed by atoms with Crippen LogP contribution >= 0.6 is 0 Å². The molecule has 0 aromatic carbocycles. The molecule has 5 nitrogen and oxygen atoms in total. The highest BCUT2D eigenvalue weighted by Gasteiger charge is 2.27. The molecular weight excluding hydrogens is 208 g/mol. The van der Waals surface area contributed by atoms with Crippen molar-refractivity contribution in [1.82, 2.24) is 4.90 Å². The molecule has 1 saturated heterocycles. The van der Waals surface area contributed by atoms with Gasteiger partial charge in [0.05, 0.1) is 12.5 Å². The molecule has 3 N–H and O–H groups in total. The van der Waals surface area contributed by atoms with Crippen LogP contribution in [0.1, 0.15) is 32.6 Å². The van der Waals surface area contributed by atoms with Crippen molar-refractivity contribution in [2.75, 3.05) is 13.1 Å². The molecule has 1 heterocycles. The van der Waals surface area contributed by atoms with Crippen molar-refractivity contribution in [3.05, 3.63) is 0 Å². The molecular formula is C11H20N2O3. The van der Waals surface area contributed by atoms with Crippen molar-refractivity contribution in [2.45, 2.75) is 38.6 Å². The molecule has 16 heavy (non-hydrogen) atoms. The number of nitrogens with two attached hydrogens (primary N) is 1. The largest absolute Gasteiger partial charge is 0.481 e. The molecule has 0 aromatic heterocycles. The topological polar surface area (TPSA) is 83.6 Å². The molecule has 0 bridgehead atoms. The minimum absolute atomic E-state index is 0.222. The van der Waals surface area contributed by atoms with Gasteiger partial charge < -0.3 is 15.7 Å². The summed E-state index contributed by atoms with van der Waals surface area (Å²) >= 11 is 0. The van der Waals surface area contributed by atoms with Crippen molar-refractivity contribution in [2.24, 2.45) is 11.7 Å². The first-order valence-electron chi connectivity index (χ1n) is 5.80. The molecule has 0 aromatic rings. The van der Waals surface area contributed by atoms with Crippen LogP contribution in [0, 0.1) is 5.92 Å². The van der Waals surface area contributed by atoms with Gasteiger partial charge in [0.15, 0.2) is 0 Å². The lowest BCUT2D eigenvalue weighted by Gasteiger charge is -2.33. The van der Waals surface area contributed by atoms with Crippen LogP contribution in [0.4, 0.5) is 0 Å². The van der Waals surface area contributed by atoms with Crippen molar-refractivity contribution < 1.29 is 14.7 Å². The summed E-state index contributed by atoms with van der Waals surface area (Å²) in [6.07, 6.45) is 2.91. The number of carboxylic acid groups (broad SMARTS) is 1. The Hall–Kier alpha value is -1.10. The highest BCUT2D eigenvalue weighted by molar-refractivity contribution is 5.86. The van der Waals surface area contributed by atoms with Gasteiger partial charge in [0.2, 0.25) is 5.91 Å². The second-order valence-electron chi connectivity index (χ2n) is 4.41. The van der Waals surface area contributed by atoms with E-state index >= 15 is 0 Å². The van der Waals surface area contributed by atoms with E-state index in [1.165, 1.54) is 0 Å². The predicted molar refractivity (Wildman–Crippen MR) is 59.8 cm³/mol. The zero-order valence-electron chi connectivity index (χ0n) is 9.69. The summed E-state index contributed by atoms with van der Waals surface area (Å²) in [5, 5.41) is 8.58. The summed E-state index contributed by atoms with van der Waals surface area (Å²) in [5.41, 5.74) is 5.56. The Morgan fingerprint density at radius 3 is 2.81 bits per heavy atom. The van der Waals surface area contributed by atoms with Crippen LogP contribution in [0.5, 0.6) is 0 Å². The third kappa shape index (κ3) is 3.48. The van der Waals surface area contributed by atoms with E-state index < -0.39 is 12.0 Å². The molecule has 0 radical (unpaired) electrons. The van der Waals surface area contributed by atoms with Gasteiger partial charge >= 0.3 is 5.97 Å². The third-order valence-corrected chi connectivity index (χ3v) is 3.12. The van der Waals surface area contributed by atoms with Crippen LogP contribution in [0.2, 0.25) is 0 Å². The number of amides is 1. The van der Waals surface area contributed by atoms with Crippen LogP contribution in [-0.4, -0.2) is 41.0 Å². The fraction of sp³-hybridized carbons (Fsp3) is 0.818. The Morgan fingerprint density at radius 1 is 1.56 bits per heavy atom. The first kappa shape index (κ1) is 13.0. The van der Waals surface area contributed by atoms with Crippen LogP contribution in [-0.2, 0) is 9.59 Å². The fourth-order valence-electron chi connectivity index (χ4n) is 2.11. The lowest BCUT2D eigenvalue weighted by Crippen LogP contribution is -2.48. The quantitative estimate of drug-likeness (QED) is 0.731. The average Bonchev–Trinajstić information content (AvgIpc) is 2.27. The predicted octanol–water partition coefficient (Wildman–Crippen LogP) is 0.437. The molecule has 5 heteroatoms. The number of hydrogen-bond donors (Lipinski definition) is 2. The van der Waals surface area contributed by atoms with E-state index in [1.54, 1.807) is 4.90 Å². The Kier molecular flexibility index (Phi) is 4.73. The molecule has 1 aliphatic heterocycles. The van der Waals surface area contributed by atoms with Gasteiger partial charge in [-0.25, -0.2) is 0 Å². The number of carbonyl (C=O) groups excluding carboxylic acids is 1. The van der Waals surface area contributed by atoms with E-state index in [0.29, 0.717) is 12.5 Å². The monoisotopic (exact) mass is 228 g/mol. The fourth-order valence-corrected chi connectivity index (χ4v) is 2.11. The maximum Gasteiger partial charge on any atom is 0.305 e. The molecule has 1 aliphatic rings. The Labute approximate surface area is 95.6 Å². The summed E-state index contributed by atoms with van der Waals surface area (Å²) < 4.78 is 0. The van der Waals surface area contributed by atoms with Crippen LogP contribution in [0.15, 0.2) is 0 Å². The Bertz CT molecular complexity index is 268. The average molecular weight is 228 g/mol. The number of carbonyl (C=O) groups is 2. The maximum absolute atomic E-state index is 11.8. The van der Waals surface area contributed by atoms with E-state index in [2.05, 4.69) is 6.92 Å². The van der Waals surface area contributed by atoms with E-state index in [4.69, 9.17) is 10.8 Å². The SMILES string of the molecule is CCC1CCCN(C(=O)C(N)CC(=O)O)C1. The standard InChI is InChI=1S/C11H20N2O3/c1-2-8-4-3-5-13(7-8)11(16)9(12)6-10(14)15/h8-9H,2-7,12H2,1H3,(H,14,15). The highest BCUT2D eigenvalue weighted by atomic mass is 16.4. The van der Waals surface area contributed by atoms with Crippen LogP contribution in [0.25, 0.3) is 0 Å². The van der Waals surface area contributed by atoms with Crippen molar-refractivity contribution in [1.29, 1.82) is 0 Å². The summed E-state index contributed by atoms with van der Waals surface area (Å²) in [6, 6.07) is -0.895. The highest BCUT2D eigenvalue weighted by Crippen LogP contribution is 2.19. The Morgan fingerprint density at radius 2 is 2.25 bits per heavy atom. The molecule has 1 amide bonds. The molecule has 92 valence electrons. The first-order chi connectivity index (χ1) is 7.54. The number of aliphatic carboxylic acids is 1. The summed E-state index contributed by atoms with van der Waals surface area (Å²) in [6.45, 7) is 3.54. The minimum atomic E-state index is -1.02. The lowest BCUT2D eigenvalue weighted by atomic mass is 9.95. The van der Waals surface area contributed by atoms with E-state index in [-0.39, 0.29) is 12.3 Å². The van der Waals surface area contributed by atoms with Crippen molar-refractivity contribution in [3.63, 3.8) is 0 Å². The van der Waals surface area contributed by atoms with Crippen LogP contribution in [0.3, 0.4) is 0 Å². The second-order valence-corrected chi connectivity index (χ2v) is 4.41. The van der Waals surface area contributed by atoms with E-state index in [0.717, 1.165) is 25.8 Å². The molecule has 1 rings (SSSR count). The van der Waals surface area contributed by atoms with E-state index in [1.807, 2.05) is 0 Å². The lowest BCUT2D eigenvalue weighted by molar-refractivity contribution is -0.142. The third-order valence-electron chi connectivity index (χ3n) is 3.12. The van der Waals surface area contributed by atoms with Gasteiger partial charge in [-0.3, -0.25) is 9.59 Å². The van der Waals surface area contributed by atoms with Crippen molar-refractivity contribution >= 4 is 11.9 Å². The molecule has 0 saturated carbocycles.